The Bertz CT molecular complexity index is 1200. The predicted molar refractivity (Wildman–Crippen MR) is 126 cm³/mol. The first-order valence-corrected chi connectivity index (χ1v) is 10.9. The fourth-order valence-corrected chi connectivity index (χ4v) is 3.95. The molecule has 1 aromatic heterocycles. The van der Waals surface area contributed by atoms with Crippen LogP contribution >= 0.6 is 11.6 Å². The Morgan fingerprint density at radius 2 is 1.79 bits per heavy atom. The number of anilines is 2. The zero-order valence-electron chi connectivity index (χ0n) is 18.6. The maximum absolute atomic E-state index is 13.1. The molecule has 0 saturated carbocycles. The van der Waals surface area contributed by atoms with Gasteiger partial charge in [0.25, 0.3) is 0 Å². The summed E-state index contributed by atoms with van der Waals surface area (Å²) in [5, 5.41) is 7.81. The zero-order valence-corrected chi connectivity index (χ0v) is 19.3. The molecule has 0 aliphatic carbocycles. The molecule has 3 aromatic rings. The number of aromatic nitrogens is 3. The molecule has 0 spiro atoms. The van der Waals surface area contributed by atoms with Gasteiger partial charge in [-0.1, -0.05) is 41.4 Å². The lowest BCUT2D eigenvalue weighted by molar-refractivity contribution is -0.139. The van der Waals surface area contributed by atoms with Gasteiger partial charge in [0.15, 0.2) is 0 Å². The van der Waals surface area contributed by atoms with E-state index in [1.54, 1.807) is 47.7 Å². The summed E-state index contributed by atoms with van der Waals surface area (Å²) in [7, 11) is 0. The van der Waals surface area contributed by atoms with Crippen molar-refractivity contribution in [1.82, 2.24) is 14.8 Å². The zero-order chi connectivity index (χ0) is 23.5. The number of fused-ring (bicyclic) bond motifs is 1. The minimum absolute atomic E-state index is 0.0589. The number of ether oxygens (including phenoxy) is 1. The second-order valence-electron chi connectivity index (χ2n) is 7.68. The third-order valence-corrected chi connectivity index (χ3v) is 5.68. The summed E-state index contributed by atoms with van der Waals surface area (Å²) in [6.07, 6.45) is 1.42. The highest BCUT2D eigenvalue weighted by Crippen LogP contribution is 2.38. The van der Waals surface area contributed by atoms with Gasteiger partial charge in [0, 0.05) is 16.4 Å². The van der Waals surface area contributed by atoms with Crippen LogP contribution in [0.3, 0.4) is 0 Å². The lowest BCUT2D eigenvalue weighted by Crippen LogP contribution is -2.40. The van der Waals surface area contributed by atoms with Gasteiger partial charge in [-0.05, 0) is 50.6 Å². The Balaban J connectivity index is 1.72. The van der Waals surface area contributed by atoms with Gasteiger partial charge in [0.05, 0.1) is 12.2 Å². The van der Waals surface area contributed by atoms with Gasteiger partial charge in [-0.3, -0.25) is 4.79 Å². The van der Waals surface area contributed by atoms with E-state index in [1.165, 1.54) is 6.33 Å². The number of aryl methyl sites for hydroxylation is 1. The van der Waals surface area contributed by atoms with Crippen LogP contribution in [0.5, 0.6) is 0 Å². The molecular weight excluding hydrogens is 442 g/mol. The molecule has 9 heteroatoms. The summed E-state index contributed by atoms with van der Waals surface area (Å²) < 4.78 is 7.03. The van der Waals surface area contributed by atoms with Gasteiger partial charge < -0.3 is 15.0 Å². The molecule has 1 N–H and O–H groups in total. The predicted octanol–water partition coefficient (Wildman–Crippen LogP) is 4.13. The van der Waals surface area contributed by atoms with Gasteiger partial charge in [-0.25, -0.2) is 9.48 Å². The van der Waals surface area contributed by atoms with Crippen LogP contribution in [0.4, 0.5) is 11.6 Å². The highest BCUT2D eigenvalue weighted by atomic mass is 35.5. The second kappa shape index (κ2) is 9.46. The smallest absolute Gasteiger partial charge is 0.338 e. The van der Waals surface area contributed by atoms with Crippen molar-refractivity contribution in [3.05, 3.63) is 82.3 Å². The van der Waals surface area contributed by atoms with Crippen molar-refractivity contribution < 1.29 is 14.3 Å². The molecule has 1 amide bonds. The number of nitrogens with zero attached hydrogens (tertiary/aromatic N) is 4. The van der Waals surface area contributed by atoms with Crippen molar-refractivity contribution in [2.45, 2.75) is 26.8 Å². The Labute approximate surface area is 196 Å². The van der Waals surface area contributed by atoms with E-state index >= 15 is 0 Å². The topological polar surface area (TPSA) is 89.3 Å². The third kappa shape index (κ3) is 4.61. The highest BCUT2D eigenvalue weighted by Gasteiger charge is 2.38. The van der Waals surface area contributed by atoms with E-state index in [-0.39, 0.29) is 19.1 Å². The third-order valence-electron chi connectivity index (χ3n) is 5.43. The van der Waals surface area contributed by atoms with E-state index in [1.807, 2.05) is 31.2 Å². The molecule has 1 atom stereocenters. The number of amides is 1. The number of halogens is 1. The van der Waals surface area contributed by atoms with Crippen molar-refractivity contribution in [3.63, 3.8) is 0 Å². The molecule has 0 fully saturated rings. The number of allylic oxidation sites excluding steroid dienone is 1. The number of benzene rings is 2. The van der Waals surface area contributed by atoms with Gasteiger partial charge in [-0.15, -0.1) is 0 Å². The molecule has 33 heavy (non-hydrogen) atoms. The number of nitrogens with one attached hydrogen (secondary N) is 1. The van der Waals surface area contributed by atoms with Crippen LogP contribution in [0.15, 0.2) is 66.1 Å². The molecule has 1 aliphatic rings. The van der Waals surface area contributed by atoms with Crippen LogP contribution in [0.25, 0.3) is 0 Å². The molecule has 1 aliphatic heterocycles. The molecule has 4 rings (SSSR count). The molecule has 170 valence electrons. The van der Waals surface area contributed by atoms with E-state index < -0.39 is 12.0 Å². The van der Waals surface area contributed by atoms with Gasteiger partial charge in [0.1, 0.15) is 18.9 Å². The molecule has 0 saturated heterocycles. The molecule has 0 radical (unpaired) electrons. The van der Waals surface area contributed by atoms with Crippen molar-refractivity contribution in [3.8, 4) is 0 Å². The molecule has 0 bridgehead atoms. The van der Waals surface area contributed by atoms with Gasteiger partial charge in [0.2, 0.25) is 11.9 Å². The first-order chi connectivity index (χ1) is 15.9. The van der Waals surface area contributed by atoms with Crippen LogP contribution in [-0.2, 0) is 14.3 Å². The molecular formula is C24H24ClN5O3. The maximum atomic E-state index is 13.1. The van der Waals surface area contributed by atoms with E-state index in [0.29, 0.717) is 27.9 Å². The summed E-state index contributed by atoms with van der Waals surface area (Å²) >= 11 is 5.92. The standard InChI is InChI=1S/C24H24ClN5O3/c1-4-33-23(32)21-16(3)29(13-20(31)28-19-11-9-18(25)10-12-19)24-26-14-27-30(24)22(21)17-7-5-15(2)6-8-17/h5-12,14,22H,4,13H2,1-3H3,(H,28,31)/t22-/m0/s1. The lowest BCUT2D eigenvalue weighted by atomic mass is 9.94. The fraction of sp³-hybridized carbons (Fsp3) is 0.250. The first-order valence-electron chi connectivity index (χ1n) is 10.6. The normalized spacial score (nSPS) is 15.3. The SMILES string of the molecule is CCOC(=O)C1=C(C)N(CC(=O)Nc2ccc(Cl)cc2)c2ncnn2[C@H]1c1ccc(C)cc1. The van der Waals surface area contributed by atoms with E-state index in [2.05, 4.69) is 15.4 Å². The van der Waals surface area contributed by atoms with Gasteiger partial charge in [-0.2, -0.15) is 10.1 Å². The number of esters is 1. The van der Waals surface area contributed by atoms with Crippen LogP contribution in [0.2, 0.25) is 5.02 Å². The molecule has 0 unspecified atom stereocenters. The van der Waals surface area contributed by atoms with Gasteiger partial charge >= 0.3 is 5.97 Å². The van der Waals surface area contributed by atoms with Crippen molar-refractivity contribution in [1.29, 1.82) is 0 Å². The first kappa shape index (κ1) is 22.5. The van der Waals surface area contributed by atoms with Crippen molar-refractivity contribution >= 4 is 35.1 Å². The summed E-state index contributed by atoms with van der Waals surface area (Å²) in [6, 6.07) is 14.2. The minimum Gasteiger partial charge on any atom is -0.463 e. The van der Waals surface area contributed by atoms with Crippen LogP contribution in [0, 0.1) is 6.92 Å². The lowest BCUT2D eigenvalue weighted by Gasteiger charge is -2.35. The summed E-state index contributed by atoms with van der Waals surface area (Å²) in [5.41, 5.74) is 3.60. The number of carbonyl (C=O) groups is 2. The average molecular weight is 466 g/mol. The van der Waals surface area contributed by atoms with E-state index in [9.17, 15) is 9.59 Å². The Kier molecular flexibility index (Phi) is 6.46. The van der Waals surface area contributed by atoms with E-state index in [0.717, 1.165) is 11.1 Å². The maximum Gasteiger partial charge on any atom is 0.338 e. The van der Waals surface area contributed by atoms with Crippen LogP contribution in [0.1, 0.15) is 31.0 Å². The number of hydrogen-bond acceptors (Lipinski definition) is 6. The monoisotopic (exact) mass is 465 g/mol. The highest BCUT2D eigenvalue weighted by molar-refractivity contribution is 6.30. The van der Waals surface area contributed by atoms with Crippen LogP contribution in [-0.4, -0.2) is 39.8 Å². The second-order valence-corrected chi connectivity index (χ2v) is 8.12. The average Bonchev–Trinajstić information content (AvgIpc) is 3.27. The Morgan fingerprint density at radius 3 is 2.45 bits per heavy atom. The number of hydrogen-bond donors (Lipinski definition) is 1. The molecule has 2 heterocycles. The quantitative estimate of drug-likeness (QED) is 0.551. The van der Waals surface area contributed by atoms with E-state index in [4.69, 9.17) is 16.3 Å². The number of carbonyl (C=O) groups excluding carboxylic acids is 2. The largest absolute Gasteiger partial charge is 0.463 e. The van der Waals surface area contributed by atoms with Crippen molar-refractivity contribution in [2.24, 2.45) is 0 Å². The molecule has 2 aromatic carbocycles. The van der Waals surface area contributed by atoms with Crippen LogP contribution < -0.4 is 10.2 Å². The summed E-state index contributed by atoms with van der Waals surface area (Å²) in [5.74, 6) is -0.259. The number of rotatable bonds is 6. The summed E-state index contributed by atoms with van der Waals surface area (Å²) in [4.78, 5) is 32.0. The molecule has 8 nitrogen and oxygen atoms in total. The Hall–Kier alpha value is -3.65. The summed E-state index contributed by atoms with van der Waals surface area (Å²) in [6.45, 7) is 5.73. The minimum atomic E-state index is -0.516. The Morgan fingerprint density at radius 1 is 1.09 bits per heavy atom. The fourth-order valence-electron chi connectivity index (χ4n) is 3.83. The van der Waals surface area contributed by atoms with Crippen molar-refractivity contribution in [2.75, 3.05) is 23.4 Å².